The molecule has 0 radical (unpaired) electrons. The molecular formula is C13H15ClN2O2. The van der Waals surface area contributed by atoms with E-state index in [9.17, 15) is 0 Å². The maximum atomic E-state index is 9.16. The molecule has 0 bridgehead atoms. The summed E-state index contributed by atoms with van der Waals surface area (Å²) in [5.41, 5.74) is 2.46. The summed E-state index contributed by atoms with van der Waals surface area (Å²) in [6.07, 6.45) is 0. The molecule has 2 aromatic rings. The second-order valence-electron chi connectivity index (χ2n) is 4.07. The van der Waals surface area contributed by atoms with E-state index in [0.717, 1.165) is 22.7 Å². The van der Waals surface area contributed by atoms with Crippen molar-refractivity contribution in [2.24, 2.45) is 7.05 Å². The van der Waals surface area contributed by atoms with Crippen LogP contribution in [0.1, 0.15) is 11.3 Å². The summed E-state index contributed by atoms with van der Waals surface area (Å²) in [5.74, 6) is 1.57. The first-order valence-corrected chi connectivity index (χ1v) is 5.93. The summed E-state index contributed by atoms with van der Waals surface area (Å²) in [7, 11) is 3.47. The zero-order valence-electron chi connectivity index (χ0n) is 10.6. The Morgan fingerprint density at radius 3 is 2.67 bits per heavy atom. The fourth-order valence-corrected chi connectivity index (χ4v) is 2.09. The van der Waals surface area contributed by atoms with Crippen molar-refractivity contribution < 1.29 is 9.84 Å². The summed E-state index contributed by atoms with van der Waals surface area (Å²) in [5, 5.41) is 9.62. The standard InChI is InChI=1S/C13H15ClN2O2/c1-8-6-9(4-5-11(8)18-3)13-15-10(7-17)12(14)16(13)2/h4-6,17H,7H2,1-3H3. The van der Waals surface area contributed by atoms with Crippen molar-refractivity contribution in [2.75, 3.05) is 7.11 Å². The van der Waals surface area contributed by atoms with Crippen molar-refractivity contribution in [1.29, 1.82) is 0 Å². The SMILES string of the molecule is COc1ccc(-c2nc(CO)c(Cl)n2C)cc1C. The Labute approximate surface area is 111 Å². The summed E-state index contributed by atoms with van der Waals surface area (Å²) in [6, 6.07) is 5.80. The Morgan fingerprint density at radius 2 is 2.17 bits per heavy atom. The summed E-state index contributed by atoms with van der Waals surface area (Å²) in [6.45, 7) is 1.81. The molecule has 0 atom stereocenters. The predicted octanol–water partition coefficient (Wildman–Crippen LogP) is 2.55. The zero-order chi connectivity index (χ0) is 13.3. The minimum Gasteiger partial charge on any atom is -0.496 e. The van der Waals surface area contributed by atoms with Crippen LogP contribution in [0.15, 0.2) is 18.2 Å². The summed E-state index contributed by atoms with van der Waals surface area (Å²) in [4.78, 5) is 4.33. The van der Waals surface area contributed by atoms with Crippen LogP contribution in [-0.4, -0.2) is 21.8 Å². The lowest BCUT2D eigenvalue weighted by Gasteiger charge is -2.07. The highest BCUT2D eigenvalue weighted by atomic mass is 35.5. The van der Waals surface area contributed by atoms with Gasteiger partial charge in [-0.25, -0.2) is 4.98 Å². The molecule has 1 heterocycles. The first kappa shape index (κ1) is 12.9. The number of aromatic nitrogens is 2. The van der Waals surface area contributed by atoms with Gasteiger partial charge in [-0.1, -0.05) is 11.6 Å². The molecule has 5 heteroatoms. The number of ether oxygens (including phenoxy) is 1. The Kier molecular flexibility index (Phi) is 3.59. The second kappa shape index (κ2) is 5.00. The van der Waals surface area contributed by atoms with E-state index in [1.807, 2.05) is 32.2 Å². The quantitative estimate of drug-likeness (QED) is 0.929. The number of nitrogens with zero attached hydrogens (tertiary/aromatic N) is 2. The molecule has 0 fully saturated rings. The largest absolute Gasteiger partial charge is 0.496 e. The van der Waals surface area contributed by atoms with Crippen molar-refractivity contribution in [3.63, 3.8) is 0 Å². The van der Waals surface area contributed by atoms with Crippen LogP contribution in [0.3, 0.4) is 0 Å². The maximum absolute atomic E-state index is 9.16. The number of aliphatic hydroxyl groups is 1. The van der Waals surface area contributed by atoms with Gasteiger partial charge in [-0.2, -0.15) is 0 Å². The zero-order valence-corrected chi connectivity index (χ0v) is 11.3. The van der Waals surface area contributed by atoms with Gasteiger partial charge in [0.25, 0.3) is 0 Å². The smallest absolute Gasteiger partial charge is 0.141 e. The van der Waals surface area contributed by atoms with Crippen LogP contribution < -0.4 is 4.74 Å². The number of hydrogen-bond donors (Lipinski definition) is 1. The molecule has 1 N–H and O–H groups in total. The van der Waals surface area contributed by atoms with Gasteiger partial charge < -0.3 is 14.4 Å². The molecule has 0 aliphatic heterocycles. The van der Waals surface area contributed by atoms with Gasteiger partial charge in [0.1, 0.15) is 22.4 Å². The number of aryl methyl sites for hydroxylation is 1. The maximum Gasteiger partial charge on any atom is 0.141 e. The average molecular weight is 267 g/mol. The molecule has 0 unspecified atom stereocenters. The monoisotopic (exact) mass is 266 g/mol. The third-order valence-corrected chi connectivity index (χ3v) is 3.37. The van der Waals surface area contributed by atoms with E-state index < -0.39 is 0 Å². The molecule has 0 saturated carbocycles. The third kappa shape index (κ3) is 2.09. The van der Waals surface area contributed by atoms with Gasteiger partial charge in [-0.3, -0.25) is 0 Å². The number of hydrogen-bond acceptors (Lipinski definition) is 3. The minimum atomic E-state index is -0.165. The molecule has 0 aliphatic carbocycles. The Balaban J connectivity index is 2.52. The molecular weight excluding hydrogens is 252 g/mol. The average Bonchev–Trinajstić information content (AvgIpc) is 2.66. The van der Waals surface area contributed by atoms with Crippen molar-refractivity contribution in [3.05, 3.63) is 34.6 Å². The lowest BCUT2D eigenvalue weighted by Crippen LogP contribution is -1.94. The molecule has 0 spiro atoms. The van der Waals surface area contributed by atoms with E-state index in [1.54, 1.807) is 11.7 Å². The van der Waals surface area contributed by atoms with Crippen molar-refractivity contribution in [2.45, 2.75) is 13.5 Å². The Bertz CT molecular complexity index is 579. The fraction of sp³-hybridized carbons (Fsp3) is 0.308. The van der Waals surface area contributed by atoms with Gasteiger partial charge >= 0.3 is 0 Å². The number of benzene rings is 1. The highest BCUT2D eigenvalue weighted by Crippen LogP contribution is 2.28. The number of rotatable bonds is 3. The third-order valence-electron chi connectivity index (χ3n) is 2.89. The first-order chi connectivity index (χ1) is 8.58. The highest BCUT2D eigenvalue weighted by molar-refractivity contribution is 6.30. The van der Waals surface area contributed by atoms with E-state index in [4.69, 9.17) is 21.4 Å². The summed E-state index contributed by atoms with van der Waals surface area (Å²) < 4.78 is 6.98. The molecule has 18 heavy (non-hydrogen) atoms. The van der Waals surface area contributed by atoms with E-state index in [1.165, 1.54) is 0 Å². The first-order valence-electron chi connectivity index (χ1n) is 5.55. The predicted molar refractivity (Wildman–Crippen MR) is 70.9 cm³/mol. The molecule has 2 rings (SSSR count). The lowest BCUT2D eigenvalue weighted by atomic mass is 10.1. The number of aliphatic hydroxyl groups excluding tert-OH is 1. The van der Waals surface area contributed by atoms with Gasteiger partial charge in [-0.05, 0) is 30.7 Å². The molecule has 0 saturated heterocycles. The molecule has 0 amide bonds. The van der Waals surface area contributed by atoms with Crippen molar-refractivity contribution in [1.82, 2.24) is 9.55 Å². The topological polar surface area (TPSA) is 47.3 Å². The van der Waals surface area contributed by atoms with Crippen LogP contribution in [0, 0.1) is 6.92 Å². The van der Waals surface area contributed by atoms with E-state index >= 15 is 0 Å². The number of imidazole rings is 1. The van der Waals surface area contributed by atoms with Crippen LogP contribution in [-0.2, 0) is 13.7 Å². The minimum absolute atomic E-state index is 0.165. The normalized spacial score (nSPS) is 10.7. The van der Waals surface area contributed by atoms with Crippen LogP contribution in [0.25, 0.3) is 11.4 Å². The van der Waals surface area contributed by atoms with E-state index in [0.29, 0.717) is 10.8 Å². The van der Waals surface area contributed by atoms with Crippen LogP contribution >= 0.6 is 11.6 Å². The van der Waals surface area contributed by atoms with E-state index in [-0.39, 0.29) is 6.61 Å². The van der Waals surface area contributed by atoms with Gasteiger partial charge in [-0.15, -0.1) is 0 Å². The molecule has 96 valence electrons. The second-order valence-corrected chi connectivity index (χ2v) is 4.43. The van der Waals surface area contributed by atoms with Crippen LogP contribution in [0.2, 0.25) is 5.15 Å². The van der Waals surface area contributed by atoms with E-state index in [2.05, 4.69) is 4.98 Å². The van der Waals surface area contributed by atoms with Crippen molar-refractivity contribution in [3.8, 4) is 17.1 Å². The fourth-order valence-electron chi connectivity index (χ4n) is 1.91. The van der Waals surface area contributed by atoms with Gasteiger partial charge in [0.05, 0.1) is 13.7 Å². The molecule has 0 aliphatic rings. The Hall–Kier alpha value is -1.52. The van der Waals surface area contributed by atoms with Crippen LogP contribution in [0.5, 0.6) is 5.75 Å². The number of halogens is 1. The highest BCUT2D eigenvalue weighted by Gasteiger charge is 2.14. The van der Waals surface area contributed by atoms with Gasteiger partial charge in [0.2, 0.25) is 0 Å². The van der Waals surface area contributed by atoms with Crippen LogP contribution in [0.4, 0.5) is 0 Å². The number of methoxy groups -OCH3 is 1. The summed E-state index contributed by atoms with van der Waals surface area (Å²) >= 11 is 6.08. The van der Waals surface area contributed by atoms with Gasteiger partial charge in [0, 0.05) is 12.6 Å². The van der Waals surface area contributed by atoms with Crippen molar-refractivity contribution >= 4 is 11.6 Å². The molecule has 4 nitrogen and oxygen atoms in total. The van der Waals surface area contributed by atoms with Gasteiger partial charge in [0.15, 0.2) is 0 Å². The molecule has 1 aromatic heterocycles. The lowest BCUT2D eigenvalue weighted by molar-refractivity contribution is 0.277. The molecule has 1 aromatic carbocycles. The Morgan fingerprint density at radius 1 is 1.44 bits per heavy atom.